The van der Waals surface area contributed by atoms with Gasteiger partial charge in [-0.05, 0) is 37.6 Å². The molecule has 1 unspecified atom stereocenters. The second-order valence-electron chi connectivity index (χ2n) is 4.49. The van der Waals surface area contributed by atoms with E-state index in [0.717, 1.165) is 0 Å². The van der Waals surface area contributed by atoms with E-state index in [4.69, 9.17) is 4.74 Å². The Kier molecular flexibility index (Phi) is 6.65. The van der Waals surface area contributed by atoms with Gasteiger partial charge < -0.3 is 14.7 Å². The summed E-state index contributed by atoms with van der Waals surface area (Å²) in [7, 11) is 0. The molecule has 0 heterocycles. The maximum atomic E-state index is 13.0. The van der Waals surface area contributed by atoms with Crippen LogP contribution in [0.3, 0.4) is 0 Å². The highest BCUT2D eigenvalue weighted by Gasteiger charge is 2.24. The third kappa shape index (κ3) is 5.06. The maximum absolute atomic E-state index is 13.0. The summed E-state index contributed by atoms with van der Waals surface area (Å²) in [5.74, 6) is -1.76. The Morgan fingerprint density at radius 1 is 1.29 bits per heavy atom. The molecule has 0 aliphatic carbocycles. The van der Waals surface area contributed by atoms with Crippen molar-refractivity contribution in [1.29, 1.82) is 0 Å². The van der Waals surface area contributed by atoms with Gasteiger partial charge in [0.25, 0.3) is 0 Å². The van der Waals surface area contributed by atoms with Crippen LogP contribution in [0.4, 0.5) is 10.1 Å². The molecule has 0 aliphatic heterocycles. The van der Waals surface area contributed by atoms with E-state index in [1.54, 1.807) is 18.7 Å². The first-order valence-electron chi connectivity index (χ1n) is 6.90. The standard InChI is InChI=1S/C15H20FNO4/c1-3-13(15(19)20)17(10-9-14(18)21-4-2)12-7-5-11(16)6-8-12/h5-8,13H,3-4,9-10H2,1-2H3,(H,19,20). The molecule has 1 atom stereocenters. The molecule has 0 amide bonds. The SMILES string of the molecule is CCOC(=O)CCN(c1ccc(F)cc1)C(CC)C(=O)O. The zero-order chi connectivity index (χ0) is 15.8. The first-order chi connectivity index (χ1) is 9.99. The zero-order valence-corrected chi connectivity index (χ0v) is 12.2. The van der Waals surface area contributed by atoms with Crippen LogP contribution in [0.25, 0.3) is 0 Å². The number of carboxylic acid groups (broad SMARTS) is 1. The topological polar surface area (TPSA) is 66.8 Å². The lowest BCUT2D eigenvalue weighted by Crippen LogP contribution is -2.42. The van der Waals surface area contributed by atoms with Crippen LogP contribution in [0, 0.1) is 5.82 Å². The van der Waals surface area contributed by atoms with Gasteiger partial charge in [-0.15, -0.1) is 0 Å². The highest BCUT2D eigenvalue weighted by molar-refractivity contribution is 5.79. The number of carboxylic acids is 1. The number of ether oxygens (including phenoxy) is 1. The molecule has 0 spiro atoms. The number of hydrogen-bond acceptors (Lipinski definition) is 4. The van der Waals surface area contributed by atoms with Crippen LogP contribution in [-0.4, -0.2) is 36.2 Å². The number of benzene rings is 1. The molecule has 1 N–H and O–H groups in total. The molecule has 21 heavy (non-hydrogen) atoms. The fraction of sp³-hybridized carbons (Fsp3) is 0.467. The van der Waals surface area contributed by atoms with Gasteiger partial charge in [-0.1, -0.05) is 6.92 Å². The number of esters is 1. The van der Waals surface area contributed by atoms with Crippen molar-refractivity contribution in [3.63, 3.8) is 0 Å². The normalized spacial score (nSPS) is 11.8. The molecule has 0 bridgehead atoms. The molecule has 0 radical (unpaired) electrons. The minimum atomic E-state index is -0.981. The zero-order valence-electron chi connectivity index (χ0n) is 12.2. The number of rotatable bonds is 8. The van der Waals surface area contributed by atoms with Crippen molar-refractivity contribution in [3.05, 3.63) is 30.1 Å². The highest BCUT2D eigenvalue weighted by Crippen LogP contribution is 2.20. The lowest BCUT2D eigenvalue weighted by molar-refractivity contribution is -0.143. The van der Waals surface area contributed by atoms with Gasteiger partial charge >= 0.3 is 11.9 Å². The number of halogens is 1. The first-order valence-corrected chi connectivity index (χ1v) is 6.90. The number of carbonyl (C=O) groups excluding carboxylic acids is 1. The summed E-state index contributed by atoms with van der Waals surface area (Å²) in [6.45, 7) is 3.95. The lowest BCUT2D eigenvalue weighted by atomic mass is 10.1. The van der Waals surface area contributed by atoms with Gasteiger partial charge in [0.1, 0.15) is 11.9 Å². The van der Waals surface area contributed by atoms with Crippen LogP contribution in [0.15, 0.2) is 24.3 Å². The summed E-state index contributed by atoms with van der Waals surface area (Å²) in [5.41, 5.74) is 0.565. The van der Waals surface area contributed by atoms with Gasteiger partial charge in [0.05, 0.1) is 13.0 Å². The van der Waals surface area contributed by atoms with E-state index in [1.807, 2.05) is 0 Å². The van der Waals surface area contributed by atoms with Gasteiger partial charge in [0, 0.05) is 12.2 Å². The molecule has 0 saturated carbocycles. The molecule has 0 saturated heterocycles. The van der Waals surface area contributed by atoms with Crippen molar-refractivity contribution in [2.45, 2.75) is 32.7 Å². The van der Waals surface area contributed by atoms with E-state index in [2.05, 4.69) is 0 Å². The Bertz CT molecular complexity index is 475. The van der Waals surface area contributed by atoms with Crippen molar-refractivity contribution in [1.82, 2.24) is 0 Å². The molecule has 1 aromatic rings. The number of aliphatic carboxylic acids is 1. The van der Waals surface area contributed by atoms with Crippen LogP contribution < -0.4 is 4.90 Å². The van der Waals surface area contributed by atoms with E-state index >= 15 is 0 Å². The molecule has 0 fully saturated rings. The number of hydrogen-bond donors (Lipinski definition) is 1. The average molecular weight is 297 g/mol. The summed E-state index contributed by atoms with van der Waals surface area (Å²) in [5, 5.41) is 9.30. The molecular formula is C15H20FNO4. The molecule has 5 nitrogen and oxygen atoms in total. The van der Waals surface area contributed by atoms with Crippen LogP contribution >= 0.6 is 0 Å². The van der Waals surface area contributed by atoms with Crippen LogP contribution in [-0.2, 0) is 14.3 Å². The number of carbonyl (C=O) groups is 2. The van der Waals surface area contributed by atoms with E-state index in [0.29, 0.717) is 12.1 Å². The van der Waals surface area contributed by atoms with Crippen molar-refractivity contribution < 1.29 is 23.8 Å². The van der Waals surface area contributed by atoms with Gasteiger partial charge in [-0.25, -0.2) is 9.18 Å². The first kappa shape index (κ1) is 16.9. The molecule has 1 rings (SSSR count). The fourth-order valence-electron chi connectivity index (χ4n) is 2.07. The summed E-state index contributed by atoms with van der Waals surface area (Å²) in [6.07, 6.45) is 0.449. The fourth-order valence-corrected chi connectivity index (χ4v) is 2.07. The van der Waals surface area contributed by atoms with Gasteiger partial charge in [0.2, 0.25) is 0 Å². The highest BCUT2D eigenvalue weighted by atomic mass is 19.1. The second kappa shape index (κ2) is 8.24. The van der Waals surface area contributed by atoms with Gasteiger partial charge in [0.15, 0.2) is 0 Å². The van der Waals surface area contributed by atoms with Crippen LogP contribution in [0.1, 0.15) is 26.7 Å². The smallest absolute Gasteiger partial charge is 0.326 e. The predicted octanol–water partition coefficient (Wildman–Crippen LogP) is 2.45. The largest absolute Gasteiger partial charge is 0.480 e. The molecule has 6 heteroatoms. The Balaban J connectivity index is 2.91. The van der Waals surface area contributed by atoms with E-state index < -0.39 is 17.8 Å². The second-order valence-corrected chi connectivity index (χ2v) is 4.49. The van der Waals surface area contributed by atoms with E-state index in [1.165, 1.54) is 24.3 Å². The number of anilines is 1. The molecule has 116 valence electrons. The minimum absolute atomic E-state index is 0.0784. The lowest BCUT2D eigenvalue weighted by Gasteiger charge is -2.30. The van der Waals surface area contributed by atoms with E-state index in [9.17, 15) is 19.1 Å². The van der Waals surface area contributed by atoms with Gasteiger partial charge in [-0.3, -0.25) is 4.79 Å². The Morgan fingerprint density at radius 3 is 2.38 bits per heavy atom. The van der Waals surface area contributed by atoms with Crippen molar-refractivity contribution in [2.75, 3.05) is 18.1 Å². The summed E-state index contributed by atoms with van der Waals surface area (Å²) in [4.78, 5) is 24.4. The van der Waals surface area contributed by atoms with Crippen LogP contribution in [0.5, 0.6) is 0 Å². The minimum Gasteiger partial charge on any atom is -0.480 e. The summed E-state index contributed by atoms with van der Waals surface area (Å²) < 4.78 is 17.8. The summed E-state index contributed by atoms with van der Waals surface area (Å²) >= 11 is 0. The third-order valence-corrected chi connectivity index (χ3v) is 3.07. The average Bonchev–Trinajstić information content (AvgIpc) is 2.44. The summed E-state index contributed by atoms with van der Waals surface area (Å²) in [6, 6.07) is 4.77. The Morgan fingerprint density at radius 2 is 1.90 bits per heavy atom. The van der Waals surface area contributed by atoms with Gasteiger partial charge in [-0.2, -0.15) is 0 Å². The molecule has 0 aromatic heterocycles. The van der Waals surface area contributed by atoms with E-state index in [-0.39, 0.29) is 25.5 Å². The van der Waals surface area contributed by atoms with Crippen molar-refractivity contribution >= 4 is 17.6 Å². The molecule has 0 aliphatic rings. The van der Waals surface area contributed by atoms with Crippen LogP contribution in [0.2, 0.25) is 0 Å². The molecule has 1 aromatic carbocycles. The monoisotopic (exact) mass is 297 g/mol. The molecular weight excluding hydrogens is 277 g/mol. The number of nitrogens with zero attached hydrogens (tertiary/aromatic N) is 1. The quantitative estimate of drug-likeness (QED) is 0.747. The third-order valence-electron chi connectivity index (χ3n) is 3.07. The van der Waals surface area contributed by atoms with Crippen molar-refractivity contribution in [3.8, 4) is 0 Å². The Hall–Kier alpha value is -2.11. The predicted molar refractivity (Wildman–Crippen MR) is 76.7 cm³/mol. The maximum Gasteiger partial charge on any atom is 0.326 e. The Labute approximate surface area is 123 Å². The van der Waals surface area contributed by atoms with Crippen molar-refractivity contribution in [2.24, 2.45) is 0 Å².